The summed E-state index contributed by atoms with van der Waals surface area (Å²) in [4.78, 5) is 4.75. The number of fused-ring (bicyclic) bond motifs is 1. The third-order valence-corrected chi connectivity index (χ3v) is 9.40. The van der Waals surface area contributed by atoms with Gasteiger partial charge in [-0.05, 0) is 42.0 Å². The zero-order valence-corrected chi connectivity index (χ0v) is 18.9. The molecule has 0 saturated heterocycles. The summed E-state index contributed by atoms with van der Waals surface area (Å²) >= 11 is 9.07. The van der Waals surface area contributed by atoms with E-state index in [1.165, 1.54) is 12.1 Å². The molecule has 0 amide bonds. The van der Waals surface area contributed by atoms with Gasteiger partial charge in [-0.15, -0.1) is 23.5 Å². The van der Waals surface area contributed by atoms with Crippen LogP contribution in [0.4, 0.5) is 4.39 Å². The smallest absolute Gasteiger partial charge is 0.175 e. The zero-order chi connectivity index (χ0) is 21.3. The third kappa shape index (κ3) is 3.05. The Morgan fingerprint density at radius 1 is 1.17 bits per heavy atom. The fourth-order valence-electron chi connectivity index (χ4n) is 4.26. The molecule has 0 radical (unpaired) electrons. The molecule has 1 saturated carbocycles. The Hall–Kier alpha value is -1.41. The van der Waals surface area contributed by atoms with Crippen molar-refractivity contribution in [3.63, 3.8) is 0 Å². The van der Waals surface area contributed by atoms with Gasteiger partial charge in [-0.3, -0.25) is 0 Å². The maximum atomic E-state index is 14.2. The molecular weight excluding hydrogens is 427 g/mol. The number of unbranched alkanes of at least 4 members (excludes halogenated alkanes) is 2. The number of amidine groups is 1. The van der Waals surface area contributed by atoms with Crippen LogP contribution in [-0.2, 0) is 0 Å². The molecule has 1 aliphatic carbocycles. The standard InChI is InChI=1S/C21H24ClFN4S2/c1-3-5-9-28-21(29-10-6-4-2)20(13-25)17(19(20,12-24)18(26)27-21)14-7-8-15(22)16(23)11-14/h7-8,11,17H,3-6,9-10H2,1-2H3,(H2,26,27). The lowest BCUT2D eigenvalue weighted by atomic mass is 9.97. The van der Waals surface area contributed by atoms with Crippen molar-refractivity contribution in [2.75, 3.05) is 11.5 Å². The first-order chi connectivity index (χ1) is 13.9. The highest BCUT2D eigenvalue weighted by atomic mass is 35.5. The lowest BCUT2D eigenvalue weighted by molar-refractivity contribution is 0.561. The molecule has 1 heterocycles. The summed E-state index contributed by atoms with van der Waals surface area (Å²) in [5.74, 6) is 0.735. The van der Waals surface area contributed by atoms with Gasteiger partial charge in [0, 0.05) is 5.92 Å². The summed E-state index contributed by atoms with van der Waals surface area (Å²) in [5, 5.41) is 20.6. The molecule has 4 nitrogen and oxygen atoms in total. The van der Waals surface area contributed by atoms with Gasteiger partial charge < -0.3 is 5.73 Å². The van der Waals surface area contributed by atoms with E-state index in [4.69, 9.17) is 22.3 Å². The maximum absolute atomic E-state index is 14.2. The van der Waals surface area contributed by atoms with E-state index in [9.17, 15) is 14.9 Å². The minimum absolute atomic E-state index is 0.0131. The molecule has 2 aliphatic rings. The number of nitrogens with zero attached hydrogens (tertiary/aromatic N) is 3. The molecule has 1 aromatic carbocycles. The first kappa shape index (κ1) is 22.3. The molecule has 0 spiro atoms. The van der Waals surface area contributed by atoms with Crippen LogP contribution in [0, 0.1) is 39.3 Å². The number of hydrogen-bond acceptors (Lipinski definition) is 6. The summed E-state index contributed by atoms with van der Waals surface area (Å²) in [6, 6.07) is 9.26. The number of nitriles is 2. The fraction of sp³-hybridized carbons (Fsp3) is 0.571. The summed E-state index contributed by atoms with van der Waals surface area (Å²) in [5.41, 5.74) is 4.54. The average molecular weight is 451 g/mol. The summed E-state index contributed by atoms with van der Waals surface area (Å²) in [6.07, 6.45) is 4.02. The zero-order valence-electron chi connectivity index (χ0n) is 16.5. The van der Waals surface area contributed by atoms with E-state index in [1.54, 1.807) is 29.6 Å². The Labute approximate surface area is 185 Å². The minimum Gasteiger partial charge on any atom is -0.386 e. The molecule has 154 valence electrons. The SMILES string of the molecule is CCCCSC1(SCCCC)N=C(N)C2(C#N)C(c3ccc(Cl)c(F)c3)C12C#N. The molecule has 29 heavy (non-hydrogen) atoms. The second kappa shape index (κ2) is 8.38. The van der Waals surface area contributed by atoms with Crippen LogP contribution in [0.5, 0.6) is 0 Å². The Balaban J connectivity index is 2.11. The van der Waals surface area contributed by atoms with Gasteiger partial charge in [0.15, 0.2) is 4.20 Å². The summed E-state index contributed by atoms with van der Waals surface area (Å²) in [6.45, 7) is 4.22. The number of rotatable bonds is 9. The van der Waals surface area contributed by atoms with Crippen molar-refractivity contribution in [3.8, 4) is 12.1 Å². The molecule has 0 bridgehead atoms. The monoisotopic (exact) mass is 450 g/mol. The van der Waals surface area contributed by atoms with Crippen LogP contribution in [0.1, 0.15) is 51.0 Å². The van der Waals surface area contributed by atoms with Crippen LogP contribution >= 0.6 is 35.1 Å². The predicted octanol–water partition coefficient (Wildman–Crippen LogP) is 5.69. The highest BCUT2D eigenvalue weighted by Crippen LogP contribution is 2.85. The largest absolute Gasteiger partial charge is 0.386 e. The Morgan fingerprint density at radius 3 is 2.28 bits per heavy atom. The maximum Gasteiger partial charge on any atom is 0.175 e. The molecule has 0 aromatic heterocycles. The fourth-order valence-corrected chi connectivity index (χ4v) is 8.06. The van der Waals surface area contributed by atoms with Crippen molar-refractivity contribution in [1.29, 1.82) is 10.5 Å². The molecule has 1 fully saturated rings. The number of nitrogens with two attached hydrogens (primary N) is 1. The summed E-state index contributed by atoms with van der Waals surface area (Å²) < 4.78 is 13.3. The van der Waals surface area contributed by atoms with Crippen molar-refractivity contribution >= 4 is 41.0 Å². The molecule has 2 N–H and O–H groups in total. The van der Waals surface area contributed by atoms with Gasteiger partial charge in [0.2, 0.25) is 0 Å². The molecule has 1 aromatic rings. The average Bonchev–Trinajstić information content (AvgIpc) is 3.29. The summed E-state index contributed by atoms with van der Waals surface area (Å²) in [7, 11) is 0. The second-order valence-electron chi connectivity index (χ2n) is 7.43. The number of aliphatic imine (C=N–C) groups is 1. The number of benzene rings is 1. The van der Waals surface area contributed by atoms with Gasteiger partial charge in [-0.25, -0.2) is 9.38 Å². The van der Waals surface area contributed by atoms with Gasteiger partial charge in [0.25, 0.3) is 0 Å². The van der Waals surface area contributed by atoms with Gasteiger partial charge >= 0.3 is 0 Å². The number of halogens is 2. The van der Waals surface area contributed by atoms with Crippen LogP contribution in [0.3, 0.4) is 0 Å². The quantitative estimate of drug-likeness (QED) is 0.386. The topological polar surface area (TPSA) is 86.0 Å². The van der Waals surface area contributed by atoms with Gasteiger partial charge in [-0.1, -0.05) is 44.4 Å². The highest BCUT2D eigenvalue weighted by Gasteiger charge is 2.91. The molecule has 3 atom stereocenters. The van der Waals surface area contributed by atoms with E-state index < -0.39 is 26.8 Å². The van der Waals surface area contributed by atoms with Crippen LogP contribution in [-0.4, -0.2) is 21.5 Å². The van der Waals surface area contributed by atoms with Gasteiger partial charge in [0.1, 0.15) is 22.5 Å². The van der Waals surface area contributed by atoms with E-state index in [1.807, 2.05) is 0 Å². The van der Waals surface area contributed by atoms with E-state index in [0.717, 1.165) is 37.2 Å². The van der Waals surface area contributed by atoms with Crippen molar-refractivity contribution < 1.29 is 4.39 Å². The van der Waals surface area contributed by atoms with Gasteiger partial charge in [0.05, 0.1) is 17.2 Å². The van der Waals surface area contributed by atoms with E-state index in [-0.39, 0.29) is 10.9 Å². The first-order valence-electron chi connectivity index (χ1n) is 9.81. The number of thioether (sulfide) groups is 2. The third-order valence-electron chi connectivity index (χ3n) is 5.80. The highest BCUT2D eigenvalue weighted by molar-refractivity contribution is 8.18. The van der Waals surface area contributed by atoms with Crippen LogP contribution in [0.15, 0.2) is 23.2 Å². The van der Waals surface area contributed by atoms with Crippen molar-refractivity contribution in [2.24, 2.45) is 21.6 Å². The van der Waals surface area contributed by atoms with E-state index in [0.29, 0.717) is 5.56 Å². The molecule has 1 aliphatic heterocycles. The Morgan fingerprint density at radius 2 is 1.79 bits per heavy atom. The molecule has 3 rings (SSSR count). The van der Waals surface area contributed by atoms with Gasteiger partial charge in [-0.2, -0.15) is 10.5 Å². The lowest BCUT2D eigenvalue weighted by Crippen LogP contribution is -2.32. The Bertz CT molecular complexity index is 899. The van der Waals surface area contributed by atoms with Crippen LogP contribution in [0.2, 0.25) is 5.02 Å². The number of hydrogen-bond donors (Lipinski definition) is 1. The molecular formula is C21H24ClFN4S2. The normalized spacial score (nSPS) is 28.9. The molecule has 8 heteroatoms. The van der Waals surface area contributed by atoms with Crippen molar-refractivity contribution in [3.05, 3.63) is 34.6 Å². The van der Waals surface area contributed by atoms with Crippen LogP contribution in [0.25, 0.3) is 0 Å². The van der Waals surface area contributed by atoms with Crippen LogP contribution < -0.4 is 5.73 Å². The Kier molecular flexibility index (Phi) is 6.44. The lowest BCUT2D eigenvalue weighted by Gasteiger charge is -2.32. The van der Waals surface area contributed by atoms with E-state index >= 15 is 0 Å². The predicted molar refractivity (Wildman–Crippen MR) is 119 cm³/mol. The second-order valence-corrected chi connectivity index (χ2v) is 10.7. The first-order valence-corrected chi connectivity index (χ1v) is 12.2. The minimum atomic E-state index is -1.24. The van der Waals surface area contributed by atoms with Crippen molar-refractivity contribution in [1.82, 2.24) is 0 Å². The van der Waals surface area contributed by atoms with E-state index in [2.05, 4.69) is 26.0 Å². The van der Waals surface area contributed by atoms with Crippen molar-refractivity contribution in [2.45, 2.75) is 49.7 Å². The molecule has 3 unspecified atom stereocenters.